The monoisotopic (exact) mass is 291 g/mol. The maximum absolute atomic E-state index is 13.2. The van der Waals surface area contributed by atoms with Gasteiger partial charge in [-0.3, -0.25) is 0 Å². The van der Waals surface area contributed by atoms with E-state index in [1.165, 1.54) is 50.7 Å². The van der Waals surface area contributed by atoms with E-state index < -0.39 is 6.10 Å². The molecule has 0 radical (unpaired) electrons. The Bertz CT molecular complexity index is 462. The molecule has 1 aliphatic carbocycles. The van der Waals surface area contributed by atoms with Crippen molar-refractivity contribution in [3.8, 4) is 0 Å². The summed E-state index contributed by atoms with van der Waals surface area (Å²) in [5.74, 6) is 0.607. The van der Waals surface area contributed by atoms with Crippen molar-refractivity contribution >= 4 is 0 Å². The number of hydrogen-bond donors (Lipinski definition) is 1. The van der Waals surface area contributed by atoms with E-state index in [0.717, 1.165) is 25.0 Å². The van der Waals surface area contributed by atoms with Crippen LogP contribution in [0, 0.1) is 11.7 Å². The third-order valence-electron chi connectivity index (χ3n) is 5.28. The summed E-state index contributed by atoms with van der Waals surface area (Å²) in [6.45, 7) is 2.09. The Kier molecular flexibility index (Phi) is 4.91. The van der Waals surface area contributed by atoms with Crippen LogP contribution in [0.3, 0.4) is 0 Å². The van der Waals surface area contributed by atoms with Gasteiger partial charge in [0.1, 0.15) is 5.82 Å². The van der Waals surface area contributed by atoms with Gasteiger partial charge in [-0.15, -0.1) is 0 Å². The van der Waals surface area contributed by atoms with Crippen molar-refractivity contribution in [2.75, 3.05) is 13.1 Å². The van der Waals surface area contributed by atoms with Gasteiger partial charge in [0.25, 0.3) is 0 Å². The second-order valence-corrected chi connectivity index (χ2v) is 6.65. The standard InChI is InChI=1S/C18H26FNO/c19-16-8-3-6-15(13-16)18(21)10-12-20-11-4-7-14-5-1-2-9-17(14)20/h3,6,8,13-14,17-18,21H,1-2,4-5,7,9-12H2/t14-,17-,18?/m1/s1. The molecule has 1 saturated heterocycles. The number of hydrogen-bond acceptors (Lipinski definition) is 2. The molecular formula is C18H26FNO. The number of benzene rings is 1. The average molecular weight is 291 g/mol. The normalized spacial score (nSPS) is 28.1. The predicted molar refractivity (Wildman–Crippen MR) is 82.5 cm³/mol. The van der Waals surface area contributed by atoms with E-state index >= 15 is 0 Å². The lowest BCUT2D eigenvalue weighted by Crippen LogP contribution is -2.47. The lowest BCUT2D eigenvalue weighted by atomic mass is 9.78. The minimum Gasteiger partial charge on any atom is -0.388 e. The van der Waals surface area contributed by atoms with E-state index in [2.05, 4.69) is 4.90 Å². The van der Waals surface area contributed by atoms with Gasteiger partial charge in [0, 0.05) is 12.6 Å². The quantitative estimate of drug-likeness (QED) is 0.909. The van der Waals surface area contributed by atoms with Gasteiger partial charge in [0.05, 0.1) is 6.10 Å². The zero-order valence-corrected chi connectivity index (χ0v) is 12.7. The van der Waals surface area contributed by atoms with Crippen molar-refractivity contribution in [1.82, 2.24) is 4.90 Å². The zero-order chi connectivity index (χ0) is 14.7. The van der Waals surface area contributed by atoms with Gasteiger partial charge in [0.15, 0.2) is 0 Å². The molecule has 1 saturated carbocycles. The van der Waals surface area contributed by atoms with E-state index in [0.29, 0.717) is 12.0 Å². The summed E-state index contributed by atoms with van der Waals surface area (Å²) in [6.07, 6.45) is 8.27. The van der Waals surface area contributed by atoms with Gasteiger partial charge in [-0.1, -0.05) is 25.0 Å². The van der Waals surface area contributed by atoms with Crippen LogP contribution in [-0.4, -0.2) is 29.1 Å². The van der Waals surface area contributed by atoms with Crippen molar-refractivity contribution in [2.24, 2.45) is 5.92 Å². The molecular weight excluding hydrogens is 265 g/mol. The Balaban J connectivity index is 1.56. The average Bonchev–Trinajstić information content (AvgIpc) is 2.52. The number of nitrogens with zero attached hydrogens (tertiary/aromatic N) is 1. The zero-order valence-electron chi connectivity index (χ0n) is 12.7. The molecule has 2 nitrogen and oxygen atoms in total. The number of piperidine rings is 1. The van der Waals surface area contributed by atoms with Gasteiger partial charge < -0.3 is 10.0 Å². The van der Waals surface area contributed by atoms with Crippen LogP contribution in [-0.2, 0) is 0 Å². The molecule has 2 fully saturated rings. The molecule has 3 rings (SSSR count). The molecule has 21 heavy (non-hydrogen) atoms. The van der Waals surface area contributed by atoms with E-state index in [1.54, 1.807) is 6.07 Å². The highest BCUT2D eigenvalue weighted by Gasteiger charge is 2.32. The minimum atomic E-state index is -0.551. The summed E-state index contributed by atoms with van der Waals surface area (Å²) in [5.41, 5.74) is 0.701. The molecule has 1 aromatic rings. The summed E-state index contributed by atoms with van der Waals surface area (Å²) < 4.78 is 13.2. The van der Waals surface area contributed by atoms with Crippen molar-refractivity contribution in [2.45, 2.75) is 57.1 Å². The van der Waals surface area contributed by atoms with E-state index in [1.807, 2.05) is 6.07 Å². The number of halogens is 1. The lowest BCUT2D eigenvalue weighted by Gasteiger charge is -2.44. The molecule has 116 valence electrons. The number of rotatable bonds is 4. The fraction of sp³-hybridized carbons (Fsp3) is 0.667. The molecule has 1 heterocycles. The fourth-order valence-corrected chi connectivity index (χ4v) is 4.17. The Morgan fingerprint density at radius 1 is 1.19 bits per heavy atom. The predicted octanol–water partition coefficient (Wildman–Crippen LogP) is 3.90. The molecule has 2 aliphatic rings. The van der Waals surface area contributed by atoms with Crippen LogP contribution >= 0.6 is 0 Å². The summed E-state index contributed by atoms with van der Waals surface area (Å²) in [6, 6.07) is 7.09. The molecule has 1 aliphatic heterocycles. The molecule has 3 atom stereocenters. The molecule has 0 amide bonds. The largest absolute Gasteiger partial charge is 0.388 e. The molecule has 0 aromatic heterocycles. The summed E-state index contributed by atoms with van der Waals surface area (Å²) in [4.78, 5) is 2.58. The van der Waals surface area contributed by atoms with Crippen LogP contribution in [0.5, 0.6) is 0 Å². The van der Waals surface area contributed by atoms with Crippen LogP contribution in [0.1, 0.15) is 56.6 Å². The van der Waals surface area contributed by atoms with Crippen molar-refractivity contribution in [3.05, 3.63) is 35.6 Å². The third kappa shape index (κ3) is 3.64. The SMILES string of the molecule is OC(CCN1CCC[C@H]2CCCC[C@H]21)c1cccc(F)c1. The first-order valence-electron chi connectivity index (χ1n) is 8.41. The number of fused-ring (bicyclic) bond motifs is 1. The smallest absolute Gasteiger partial charge is 0.123 e. The Morgan fingerprint density at radius 2 is 2.00 bits per heavy atom. The van der Waals surface area contributed by atoms with Gasteiger partial charge in [-0.25, -0.2) is 4.39 Å². The van der Waals surface area contributed by atoms with E-state index in [9.17, 15) is 9.50 Å². The van der Waals surface area contributed by atoms with Gasteiger partial charge in [-0.05, 0) is 62.3 Å². The number of likely N-dealkylation sites (tertiary alicyclic amines) is 1. The summed E-state index contributed by atoms with van der Waals surface area (Å²) in [5, 5.41) is 10.3. The number of aliphatic hydroxyl groups is 1. The molecule has 1 N–H and O–H groups in total. The highest BCUT2D eigenvalue weighted by atomic mass is 19.1. The minimum absolute atomic E-state index is 0.267. The first kappa shape index (κ1) is 15.0. The van der Waals surface area contributed by atoms with Crippen LogP contribution < -0.4 is 0 Å². The van der Waals surface area contributed by atoms with Crippen molar-refractivity contribution in [3.63, 3.8) is 0 Å². The van der Waals surface area contributed by atoms with Gasteiger partial charge in [-0.2, -0.15) is 0 Å². The molecule has 0 bridgehead atoms. The fourth-order valence-electron chi connectivity index (χ4n) is 4.17. The maximum Gasteiger partial charge on any atom is 0.123 e. The topological polar surface area (TPSA) is 23.5 Å². The Labute approximate surface area is 127 Å². The molecule has 1 unspecified atom stereocenters. The van der Waals surface area contributed by atoms with E-state index in [-0.39, 0.29) is 5.82 Å². The highest BCUT2D eigenvalue weighted by Crippen LogP contribution is 2.35. The van der Waals surface area contributed by atoms with Crippen LogP contribution in [0.2, 0.25) is 0 Å². The maximum atomic E-state index is 13.2. The summed E-state index contributed by atoms with van der Waals surface area (Å²) in [7, 11) is 0. The van der Waals surface area contributed by atoms with Gasteiger partial charge in [0.2, 0.25) is 0 Å². The first-order chi connectivity index (χ1) is 10.2. The second-order valence-electron chi connectivity index (χ2n) is 6.65. The van der Waals surface area contributed by atoms with Crippen LogP contribution in [0.15, 0.2) is 24.3 Å². The Hall–Kier alpha value is -0.930. The van der Waals surface area contributed by atoms with Crippen LogP contribution in [0.4, 0.5) is 4.39 Å². The van der Waals surface area contributed by atoms with Crippen molar-refractivity contribution < 1.29 is 9.50 Å². The first-order valence-corrected chi connectivity index (χ1v) is 8.41. The van der Waals surface area contributed by atoms with E-state index in [4.69, 9.17) is 0 Å². The third-order valence-corrected chi connectivity index (χ3v) is 5.28. The van der Waals surface area contributed by atoms with Crippen LogP contribution in [0.25, 0.3) is 0 Å². The highest BCUT2D eigenvalue weighted by molar-refractivity contribution is 5.18. The molecule has 3 heteroatoms. The summed E-state index contributed by atoms with van der Waals surface area (Å²) >= 11 is 0. The van der Waals surface area contributed by atoms with Crippen molar-refractivity contribution in [1.29, 1.82) is 0 Å². The lowest BCUT2D eigenvalue weighted by molar-refractivity contribution is 0.0455. The van der Waals surface area contributed by atoms with Gasteiger partial charge >= 0.3 is 0 Å². The second kappa shape index (κ2) is 6.89. The molecule has 0 spiro atoms. The molecule has 1 aromatic carbocycles. The number of aliphatic hydroxyl groups excluding tert-OH is 1. The Morgan fingerprint density at radius 3 is 2.86 bits per heavy atom.